The second-order valence-corrected chi connectivity index (χ2v) is 20.4. The van der Waals surface area contributed by atoms with Crippen LogP contribution in [-0.4, -0.2) is 70.7 Å². The molecule has 1 aliphatic rings. The van der Waals surface area contributed by atoms with Crippen molar-refractivity contribution in [2.75, 3.05) is 39.3 Å². The Kier molecular flexibility index (Phi) is 17.6. The van der Waals surface area contributed by atoms with E-state index in [9.17, 15) is 14.7 Å². The lowest BCUT2D eigenvalue weighted by Gasteiger charge is -2.43. The second-order valence-electron chi connectivity index (χ2n) is 15.9. The van der Waals surface area contributed by atoms with E-state index in [1.165, 1.54) is 5.57 Å². The Morgan fingerprint density at radius 1 is 1.06 bits per heavy atom. The van der Waals surface area contributed by atoms with E-state index in [1.54, 1.807) is 19.1 Å². The summed E-state index contributed by atoms with van der Waals surface area (Å²) in [6.07, 6.45) is 12.9. The molecule has 8 atom stereocenters. The van der Waals surface area contributed by atoms with Crippen LogP contribution in [0, 0.1) is 35.5 Å². The molecule has 50 heavy (non-hydrogen) atoms. The van der Waals surface area contributed by atoms with Crippen molar-refractivity contribution in [2.45, 2.75) is 112 Å². The van der Waals surface area contributed by atoms with Crippen molar-refractivity contribution < 1.29 is 33.6 Å². The summed E-state index contributed by atoms with van der Waals surface area (Å²) in [6, 6.07) is 5.83. The molecule has 1 aliphatic heterocycles. The van der Waals surface area contributed by atoms with Gasteiger partial charge in [0.1, 0.15) is 19.3 Å². The number of hydrogen-bond acceptors (Lipinski definition) is 7. The summed E-state index contributed by atoms with van der Waals surface area (Å²) in [4.78, 5) is 25.3. The van der Waals surface area contributed by atoms with E-state index in [0.29, 0.717) is 17.4 Å². The van der Waals surface area contributed by atoms with Crippen LogP contribution in [0.15, 0.2) is 48.1 Å². The summed E-state index contributed by atoms with van der Waals surface area (Å²) in [6.45, 7) is 24.1. The van der Waals surface area contributed by atoms with Crippen molar-refractivity contribution >= 4 is 26.0 Å². The smallest absolute Gasteiger partial charge is 0.266 e. The van der Waals surface area contributed by atoms with E-state index in [0.717, 1.165) is 24.8 Å². The summed E-state index contributed by atoms with van der Waals surface area (Å²) in [7, 11) is 0.758. The summed E-state index contributed by atoms with van der Waals surface area (Å²) >= 11 is 0. The van der Waals surface area contributed by atoms with E-state index >= 15 is 0 Å². The first kappa shape index (κ1) is 43.9. The molecule has 0 fully saturated rings. The molecule has 8 nitrogen and oxygen atoms in total. The summed E-state index contributed by atoms with van der Waals surface area (Å²) in [5.41, 5.74) is 2.94. The first-order valence-electron chi connectivity index (χ1n) is 18.5. The van der Waals surface area contributed by atoms with Gasteiger partial charge in [-0.3, -0.25) is 9.69 Å². The van der Waals surface area contributed by atoms with Crippen molar-refractivity contribution in [1.82, 2.24) is 0 Å². The number of amides is 1. The standard InChI is InChI=1S/C41H69NO7Si/c1-14-15-16-29(3)39(44)33(7)35(24-41(8,9)50(12,13)45)31(5)21-28(2)22-32(6)40(49-27-47-11)30(4)17-18-34-19-20-37-36(23-34)42(26-46-10)38(43)25-48-37/h15-20,22-23,29-33,35,39-40,44-45H,14,21,24-27H2,1-13H3/b16-15-,18-17-,28-22-/t29?,30-,31-,32-,33-,35+,39-,40-/m0/s1. The van der Waals surface area contributed by atoms with Crippen molar-refractivity contribution in [3.63, 3.8) is 0 Å². The monoisotopic (exact) mass is 715 g/mol. The van der Waals surface area contributed by atoms with Gasteiger partial charge in [-0.25, -0.2) is 0 Å². The van der Waals surface area contributed by atoms with Crippen LogP contribution in [0.3, 0.4) is 0 Å². The van der Waals surface area contributed by atoms with Crippen LogP contribution in [0.25, 0.3) is 6.08 Å². The molecular weight excluding hydrogens is 647 g/mol. The predicted octanol–water partition coefficient (Wildman–Crippen LogP) is 8.85. The topological polar surface area (TPSA) is 97.7 Å². The molecule has 9 heteroatoms. The normalized spacial score (nSPS) is 19.5. The molecular formula is C41H69NO7Si. The number of anilines is 1. The van der Waals surface area contributed by atoms with Crippen LogP contribution in [-0.2, 0) is 19.0 Å². The first-order valence-corrected chi connectivity index (χ1v) is 21.4. The molecule has 0 aliphatic carbocycles. The van der Waals surface area contributed by atoms with Crippen molar-refractivity contribution in [3.05, 3.63) is 53.6 Å². The molecule has 0 bridgehead atoms. The molecule has 0 saturated heterocycles. The van der Waals surface area contributed by atoms with Gasteiger partial charge in [0.05, 0.1) is 17.9 Å². The number of aliphatic hydroxyl groups excluding tert-OH is 1. The van der Waals surface area contributed by atoms with Gasteiger partial charge in [0.15, 0.2) is 14.9 Å². The highest BCUT2D eigenvalue weighted by Gasteiger charge is 2.43. The lowest BCUT2D eigenvalue weighted by atomic mass is 9.71. The van der Waals surface area contributed by atoms with Gasteiger partial charge in [0, 0.05) is 32.0 Å². The molecule has 1 aromatic rings. The lowest BCUT2D eigenvalue weighted by Crippen LogP contribution is -2.43. The summed E-state index contributed by atoms with van der Waals surface area (Å²) in [5.74, 6) is 1.35. The Morgan fingerprint density at radius 2 is 1.74 bits per heavy atom. The minimum Gasteiger partial charge on any atom is -0.482 e. The highest BCUT2D eigenvalue weighted by atomic mass is 28.4. The van der Waals surface area contributed by atoms with Gasteiger partial charge in [0.25, 0.3) is 5.91 Å². The quantitative estimate of drug-likeness (QED) is 0.0746. The zero-order chi connectivity index (χ0) is 37.8. The molecule has 2 rings (SSSR count). The lowest BCUT2D eigenvalue weighted by molar-refractivity contribution is -0.122. The molecule has 1 heterocycles. The molecule has 0 spiro atoms. The Balaban J connectivity index is 2.30. The van der Waals surface area contributed by atoms with Crippen LogP contribution >= 0.6 is 0 Å². The van der Waals surface area contributed by atoms with Gasteiger partial charge in [0.2, 0.25) is 0 Å². The number of ether oxygens (including phenoxy) is 4. The van der Waals surface area contributed by atoms with Crippen molar-refractivity contribution in [2.24, 2.45) is 35.5 Å². The largest absolute Gasteiger partial charge is 0.482 e. The molecule has 1 aromatic carbocycles. The minimum atomic E-state index is -2.45. The predicted molar refractivity (Wildman–Crippen MR) is 209 cm³/mol. The fraction of sp³-hybridized carbons (Fsp3) is 0.683. The average molecular weight is 716 g/mol. The number of carbonyl (C=O) groups is 1. The van der Waals surface area contributed by atoms with E-state index in [1.807, 2.05) is 31.3 Å². The maximum atomic E-state index is 12.5. The number of carbonyl (C=O) groups excluding carboxylic acids is 1. The number of hydrogen-bond donors (Lipinski definition) is 2. The van der Waals surface area contributed by atoms with E-state index in [4.69, 9.17) is 18.9 Å². The second kappa shape index (κ2) is 20.1. The summed E-state index contributed by atoms with van der Waals surface area (Å²) < 4.78 is 22.5. The fourth-order valence-corrected chi connectivity index (χ4v) is 7.84. The summed E-state index contributed by atoms with van der Waals surface area (Å²) in [5, 5.41) is 11.3. The van der Waals surface area contributed by atoms with E-state index in [-0.39, 0.29) is 66.8 Å². The number of methoxy groups -OCH3 is 2. The van der Waals surface area contributed by atoms with Gasteiger partial charge in [-0.15, -0.1) is 0 Å². The fourth-order valence-electron chi connectivity index (χ4n) is 7.11. The first-order chi connectivity index (χ1) is 23.4. The number of rotatable bonds is 21. The molecule has 0 aromatic heterocycles. The van der Waals surface area contributed by atoms with Gasteiger partial charge < -0.3 is 28.8 Å². The molecule has 2 N–H and O–H groups in total. The molecule has 284 valence electrons. The van der Waals surface area contributed by atoms with E-state index in [2.05, 4.69) is 92.7 Å². The number of aliphatic hydroxyl groups is 1. The van der Waals surface area contributed by atoms with E-state index < -0.39 is 14.4 Å². The number of benzene rings is 1. The van der Waals surface area contributed by atoms with Crippen LogP contribution in [0.2, 0.25) is 18.1 Å². The molecule has 1 unspecified atom stereocenters. The Labute approximate surface area is 305 Å². The molecule has 0 saturated carbocycles. The highest BCUT2D eigenvalue weighted by Crippen LogP contribution is 2.47. The average Bonchev–Trinajstić information content (AvgIpc) is 3.05. The minimum absolute atomic E-state index is 0.00254. The van der Waals surface area contributed by atoms with Crippen LogP contribution < -0.4 is 9.64 Å². The third kappa shape index (κ3) is 12.4. The van der Waals surface area contributed by atoms with Crippen LogP contribution in [0.1, 0.15) is 87.1 Å². The Morgan fingerprint density at radius 3 is 2.34 bits per heavy atom. The highest BCUT2D eigenvalue weighted by molar-refractivity contribution is 6.72. The maximum absolute atomic E-state index is 12.5. The zero-order valence-electron chi connectivity index (χ0n) is 33.4. The van der Waals surface area contributed by atoms with Crippen molar-refractivity contribution in [3.8, 4) is 5.75 Å². The SMILES string of the molecule is CC/C=C\C(C)[C@H](O)[C@@H](C)[C@H](CC(C)(C)[Si](C)(C)O)[C@@H](C)C/C(C)=C\[C@H](C)[C@@H](OCOC)[C@@H](C)/C=C\c1ccc2c(c1)N(COC)C(=O)CO2. The maximum Gasteiger partial charge on any atom is 0.266 e. The zero-order valence-corrected chi connectivity index (χ0v) is 34.4. The van der Waals surface area contributed by atoms with Gasteiger partial charge >= 0.3 is 0 Å². The Bertz CT molecular complexity index is 1290. The van der Waals surface area contributed by atoms with Crippen LogP contribution in [0.4, 0.5) is 5.69 Å². The van der Waals surface area contributed by atoms with Gasteiger partial charge in [-0.1, -0.05) is 97.4 Å². The van der Waals surface area contributed by atoms with Gasteiger partial charge in [-0.2, -0.15) is 0 Å². The van der Waals surface area contributed by atoms with Crippen molar-refractivity contribution in [1.29, 1.82) is 0 Å². The third-order valence-electron chi connectivity index (χ3n) is 10.9. The number of fused-ring (bicyclic) bond motifs is 1. The Hall–Kier alpha value is -2.27. The number of nitrogens with zero attached hydrogens (tertiary/aromatic N) is 1. The molecule has 1 amide bonds. The number of allylic oxidation sites excluding steroid dienone is 2. The van der Waals surface area contributed by atoms with Gasteiger partial charge in [-0.05, 0) is 79.8 Å². The third-order valence-corrected chi connectivity index (χ3v) is 14.5. The van der Waals surface area contributed by atoms with Crippen LogP contribution in [0.5, 0.6) is 5.75 Å². The molecule has 0 radical (unpaired) electrons.